The van der Waals surface area contributed by atoms with Gasteiger partial charge in [0.15, 0.2) is 0 Å². The molecule has 0 aromatic heterocycles. The second-order valence-corrected chi connectivity index (χ2v) is 6.14. The number of nitrogens with zero attached hydrogens (tertiary/aromatic N) is 1. The van der Waals surface area contributed by atoms with E-state index in [9.17, 15) is 14.4 Å². The molecule has 0 saturated heterocycles. The molecule has 2 aliphatic rings. The SMILES string of the molecule is NC(=O)CCC(NC(=O)N(CC1CC1)CC1CC1)C(=O)O. The maximum absolute atomic E-state index is 12.3. The number of urea groups is 1. The van der Waals surface area contributed by atoms with Gasteiger partial charge in [-0.15, -0.1) is 0 Å². The molecule has 4 N–H and O–H groups in total. The molecule has 0 aromatic rings. The van der Waals surface area contributed by atoms with E-state index in [1.54, 1.807) is 4.90 Å². The van der Waals surface area contributed by atoms with Gasteiger partial charge in [0.2, 0.25) is 5.91 Å². The average molecular weight is 297 g/mol. The predicted molar refractivity (Wildman–Crippen MR) is 75.4 cm³/mol. The smallest absolute Gasteiger partial charge is 0.326 e. The number of amides is 3. The van der Waals surface area contributed by atoms with Crippen LogP contribution in [0.4, 0.5) is 4.79 Å². The minimum atomic E-state index is -1.14. The Morgan fingerprint density at radius 2 is 1.67 bits per heavy atom. The van der Waals surface area contributed by atoms with Gasteiger partial charge in [-0.2, -0.15) is 0 Å². The Balaban J connectivity index is 1.86. The van der Waals surface area contributed by atoms with E-state index in [0.29, 0.717) is 24.9 Å². The summed E-state index contributed by atoms with van der Waals surface area (Å²) in [5.74, 6) is -0.586. The second-order valence-electron chi connectivity index (χ2n) is 6.14. The third kappa shape index (κ3) is 5.61. The largest absolute Gasteiger partial charge is 0.480 e. The van der Waals surface area contributed by atoms with Crippen molar-refractivity contribution in [3.05, 3.63) is 0 Å². The fourth-order valence-corrected chi connectivity index (χ4v) is 2.25. The van der Waals surface area contributed by atoms with Crippen molar-refractivity contribution in [3.63, 3.8) is 0 Å². The average Bonchev–Trinajstić information content (AvgIpc) is 3.27. The zero-order valence-corrected chi connectivity index (χ0v) is 12.1. The molecule has 0 radical (unpaired) electrons. The fourth-order valence-electron chi connectivity index (χ4n) is 2.25. The number of nitrogens with one attached hydrogen (secondary N) is 1. The van der Waals surface area contributed by atoms with Gasteiger partial charge >= 0.3 is 12.0 Å². The van der Waals surface area contributed by atoms with E-state index in [4.69, 9.17) is 10.8 Å². The van der Waals surface area contributed by atoms with Crippen LogP contribution >= 0.6 is 0 Å². The Morgan fingerprint density at radius 3 is 2.05 bits per heavy atom. The number of primary amides is 1. The van der Waals surface area contributed by atoms with Gasteiger partial charge in [-0.25, -0.2) is 9.59 Å². The van der Waals surface area contributed by atoms with E-state index in [-0.39, 0.29) is 18.9 Å². The van der Waals surface area contributed by atoms with Crippen LogP contribution in [0.5, 0.6) is 0 Å². The lowest BCUT2D eigenvalue weighted by molar-refractivity contribution is -0.139. The van der Waals surface area contributed by atoms with E-state index < -0.39 is 17.9 Å². The molecular weight excluding hydrogens is 274 g/mol. The summed E-state index contributed by atoms with van der Waals surface area (Å²) in [6.07, 6.45) is 4.52. The molecule has 0 heterocycles. The monoisotopic (exact) mass is 297 g/mol. The van der Waals surface area contributed by atoms with Gasteiger partial charge in [0.25, 0.3) is 0 Å². The highest BCUT2D eigenvalue weighted by molar-refractivity contribution is 5.83. The summed E-state index contributed by atoms with van der Waals surface area (Å²) in [5.41, 5.74) is 5.02. The first kappa shape index (κ1) is 15.6. The van der Waals surface area contributed by atoms with E-state index in [1.165, 1.54) is 0 Å². The van der Waals surface area contributed by atoms with Crippen LogP contribution in [-0.2, 0) is 9.59 Å². The summed E-state index contributed by atoms with van der Waals surface area (Å²) in [6.45, 7) is 1.40. The Hall–Kier alpha value is -1.79. The number of nitrogens with two attached hydrogens (primary N) is 1. The highest BCUT2D eigenvalue weighted by Gasteiger charge is 2.32. The molecule has 0 spiro atoms. The number of carbonyl (C=O) groups is 3. The lowest BCUT2D eigenvalue weighted by Crippen LogP contribution is -2.49. The number of carboxylic acids is 1. The number of carboxylic acid groups (broad SMARTS) is 1. The van der Waals surface area contributed by atoms with Crippen molar-refractivity contribution in [3.8, 4) is 0 Å². The number of aliphatic carboxylic acids is 1. The van der Waals surface area contributed by atoms with E-state index in [2.05, 4.69) is 5.32 Å². The molecule has 0 bridgehead atoms. The van der Waals surface area contributed by atoms with Gasteiger partial charge in [-0.1, -0.05) is 0 Å². The molecule has 2 aliphatic carbocycles. The lowest BCUT2D eigenvalue weighted by atomic mass is 10.1. The van der Waals surface area contributed by atoms with Crippen molar-refractivity contribution < 1.29 is 19.5 Å². The molecule has 7 nitrogen and oxygen atoms in total. The minimum absolute atomic E-state index is 0.0249. The number of rotatable bonds is 9. The summed E-state index contributed by atoms with van der Waals surface area (Å²) >= 11 is 0. The summed E-state index contributed by atoms with van der Waals surface area (Å²) in [5, 5.41) is 11.6. The molecule has 2 saturated carbocycles. The molecule has 0 aromatic carbocycles. The van der Waals surface area contributed by atoms with Crippen LogP contribution < -0.4 is 11.1 Å². The highest BCUT2D eigenvalue weighted by Crippen LogP contribution is 2.33. The zero-order valence-electron chi connectivity index (χ0n) is 12.1. The first-order valence-electron chi connectivity index (χ1n) is 7.52. The van der Waals surface area contributed by atoms with Crippen LogP contribution in [0.2, 0.25) is 0 Å². The Bertz CT molecular complexity index is 404. The van der Waals surface area contributed by atoms with Gasteiger partial charge in [0.05, 0.1) is 0 Å². The molecule has 2 rings (SSSR count). The topological polar surface area (TPSA) is 113 Å². The predicted octanol–water partition coefficient (Wildman–Crippen LogP) is 0.537. The first-order chi connectivity index (χ1) is 9.95. The van der Waals surface area contributed by atoms with Gasteiger partial charge in [0, 0.05) is 19.5 Å². The minimum Gasteiger partial charge on any atom is -0.480 e. The van der Waals surface area contributed by atoms with Gasteiger partial charge in [0.1, 0.15) is 6.04 Å². The van der Waals surface area contributed by atoms with Crippen LogP contribution in [0, 0.1) is 11.8 Å². The Kier molecular flexibility index (Phi) is 5.03. The van der Waals surface area contributed by atoms with Gasteiger partial charge < -0.3 is 21.1 Å². The van der Waals surface area contributed by atoms with E-state index in [0.717, 1.165) is 25.7 Å². The first-order valence-corrected chi connectivity index (χ1v) is 7.52. The molecule has 118 valence electrons. The van der Waals surface area contributed by atoms with Crippen LogP contribution in [0.25, 0.3) is 0 Å². The lowest BCUT2D eigenvalue weighted by Gasteiger charge is -2.25. The van der Waals surface area contributed by atoms with Crippen molar-refractivity contribution in [1.29, 1.82) is 0 Å². The summed E-state index contributed by atoms with van der Waals surface area (Å²) < 4.78 is 0. The third-order valence-electron chi connectivity index (χ3n) is 3.91. The van der Waals surface area contributed by atoms with Crippen LogP contribution in [0.15, 0.2) is 0 Å². The van der Waals surface area contributed by atoms with Crippen molar-refractivity contribution >= 4 is 17.9 Å². The van der Waals surface area contributed by atoms with Crippen molar-refractivity contribution in [2.24, 2.45) is 17.6 Å². The quantitative estimate of drug-likeness (QED) is 0.576. The Labute approximate surface area is 123 Å². The normalized spacial score (nSPS) is 18.9. The third-order valence-corrected chi connectivity index (χ3v) is 3.91. The maximum Gasteiger partial charge on any atom is 0.326 e. The number of hydrogen-bond donors (Lipinski definition) is 3. The molecule has 1 unspecified atom stereocenters. The second kappa shape index (κ2) is 6.78. The number of hydrogen-bond acceptors (Lipinski definition) is 3. The molecular formula is C14H23N3O4. The van der Waals surface area contributed by atoms with Gasteiger partial charge in [-0.05, 0) is 43.9 Å². The molecule has 2 fully saturated rings. The highest BCUT2D eigenvalue weighted by atomic mass is 16.4. The molecule has 21 heavy (non-hydrogen) atoms. The number of carbonyl (C=O) groups excluding carboxylic acids is 2. The molecule has 7 heteroatoms. The summed E-state index contributed by atoms with van der Waals surface area (Å²) in [7, 11) is 0. The van der Waals surface area contributed by atoms with Crippen molar-refractivity contribution in [2.45, 2.75) is 44.6 Å². The molecule has 3 amide bonds. The summed E-state index contributed by atoms with van der Waals surface area (Å²) in [4.78, 5) is 35.9. The zero-order chi connectivity index (χ0) is 15.4. The van der Waals surface area contributed by atoms with Gasteiger partial charge in [-0.3, -0.25) is 4.79 Å². The van der Waals surface area contributed by atoms with Crippen molar-refractivity contribution in [2.75, 3.05) is 13.1 Å². The standard InChI is InChI=1S/C14H23N3O4/c15-12(18)6-5-11(13(19)20)16-14(21)17(7-9-1-2-9)8-10-3-4-10/h9-11H,1-8H2,(H2,15,18)(H,16,21)(H,19,20). The molecule has 0 aliphatic heterocycles. The fraction of sp³-hybridized carbons (Fsp3) is 0.786. The van der Waals surface area contributed by atoms with E-state index in [1.807, 2.05) is 0 Å². The van der Waals surface area contributed by atoms with Crippen LogP contribution in [0.3, 0.4) is 0 Å². The molecule has 1 atom stereocenters. The van der Waals surface area contributed by atoms with Crippen LogP contribution in [-0.4, -0.2) is 47.0 Å². The van der Waals surface area contributed by atoms with Crippen LogP contribution in [0.1, 0.15) is 38.5 Å². The Morgan fingerprint density at radius 1 is 1.14 bits per heavy atom. The van der Waals surface area contributed by atoms with E-state index >= 15 is 0 Å². The summed E-state index contributed by atoms with van der Waals surface area (Å²) in [6, 6.07) is -1.41. The van der Waals surface area contributed by atoms with Crippen molar-refractivity contribution in [1.82, 2.24) is 10.2 Å². The maximum atomic E-state index is 12.3.